The Morgan fingerprint density at radius 3 is 3.00 bits per heavy atom. The molecule has 98 valence electrons. The molecule has 19 heavy (non-hydrogen) atoms. The number of hydrogen-bond donors (Lipinski definition) is 3. The normalized spacial score (nSPS) is 10.6. The molecule has 0 aliphatic heterocycles. The Morgan fingerprint density at radius 1 is 1.47 bits per heavy atom. The minimum Gasteiger partial charge on any atom is -0.384 e. The van der Waals surface area contributed by atoms with Crippen LogP contribution in [0.3, 0.4) is 0 Å². The van der Waals surface area contributed by atoms with Gasteiger partial charge in [-0.2, -0.15) is 5.10 Å². The van der Waals surface area contributed by atoms with E-state index in [0.29, 0.717) is 5.56 Å². The highest BCUT2D eigenvalue weighted by molar-refractivity contribution is 7.92. The van der Waals surface area contributed by atoms with Gasteiger partial charge in [-0.3, -0.25) is 9.82 Å². The summed E-state index contributed by atoms with van der Waals surface area (Å²) in [5, 5.41) is 14.6. The van der Waals surface area contributed by atoms with Gasteiger partial charge in [-0.05, 0) is 12.1 Å². The van der Waals surface area contributed by atoms with E-state index < -0.39 is 10.0 Å². The molecule has 0 saturated heterocycles. The van der Waals surface area contributed by atoms with Crippen molar-refractivity contribution in [2.45, 2.75) is 4.90 Å². The minimum atomic E-state index is -3.71. The third-order valence-corrected chi connectivity index (χ3v) is 3.42. The summed E-state index contributed by atoms with van der Waals surface area (Å²) < 4.78 is 26.1. The van der Waals surface area contributed by atoms with Crippen LogP contribution in [0.1, 0.15) is 5.56 Å². The number of anilines is 1. The van der Waals surface area contributed by atoms with Crippen molar-refractivity contribution in [1.82, 2.24) is 15.2 Å². The first kappa shape index (κ1) is 13.1. The molecule has 2 rings (SSSR count). The lowest BCUT2D eigenvalue weighted by atomic mass is 10.2. The smallest absolute Gasteiger partial charge is 0.266 e. The van der Waals surface area contributed by atoms with E-state index in [1.165, 1.54) is 24.7 Å². The van der Waals surface area contributed by atoms with Crippen LogP contribution in [0, 0.1) is 11.8 Å². The Kier molecular flexibility index (Phi) is 3.79. The molecule has 0 aromatic carbocycles. The van der Waals surface area contributed by atoms with Crippen LogP contribution in [0.25, 0.3) is 0 Å². The average Bonchev–Trinajstić information content (AvgIpc) is 2.91. The standard InChI is InChI=1S/C11H10N4O3S/c16-5-1-2-9-3-4-12-11(6-9)15-19(17,18)10-7-13-14-8-10/h3-4,6-8,16H,5H2,(H,12,15)(H,13,14). The van der Waals surface area contributed by atoms with Crippen molar-refractivity contribution in [3.63, 3.8) is 0 Å². The number of nitrogens with zero attached hydrogens (tertiary/aromatic N) is 2. The number of sulfonamides is 1. The number of nitrogens with one attached hydrogen (secondary N) is 2. The van der Waals surface area contributed by atoms with Gasteiger partial charge in [0.25, 0.3) is 10.0 Å². The molecule has 0 aliphatic rings. The summed E-state index contributed by atoms with van der Waals surface area (Å²) in [7, 11) is -3.71. The monoisotopic (exact) mass is 278 g/mol. The van der Waals surface area contributed by atoms with Crippen LogP contribution in [0.2, 0.25) is 0 Å². The van der Waals surface area contributed by atoms with Gasteiger partial charge in [0.05, 0.1) is 6.20 Å². The van der Waals surface area contributed by atoms with Crippen molar-refractivity contribution in [1.29, 1.82) is 0 Å². The Bertz CT molecular complexity index is 714. The summed E-state index contributed by atoms with van der Waals surface area (Å²) in [5.41, 5.74) is 0.550. The highest BCUT2D eigenvalue weighted by Crippen LogP contribution is 2.13. The fourth-order valence-corrected chi connectivity index (χ4v) is 2.19. The van der Waals surface area contributed by atoms with Crippen LogP contribution in [0.5, 0.6) is 0 Å². The van der Waals surface area contributed by atoms with Crippen molar-refractivity contribution >= 4 is 15.8 Å². The first-order chi connectivity index (χ1) is 9.12. The lowest BCUT2D eigenvalue weighted by molar-refractivity contribution is 0.350. The van der Waals surface area contributed by atoms with Crippen molar-refractivity contribution in [3.8, 4) is 11.8 Å². The molecule has 2 heterocycles. The van der Waals surface area contributed by atoms with E-state index in [0.717, 1.165) is 0 Å². The lowest BCUT2D eigenvalue weighted by Crippen LogP contribution is -2.13. The molecule has 0 bridgehead atoms. The van der Waals surface area contributed by atoms with Gasteiger partial charge in [0, 0.05) is 18.0 Å². The van der Waals surface area contributed by atoms with E-state index in [1.807, 2.05) is 0 Å². The fourth-order valence-electron chi connectivity index (χ4n) is 1.29. The molecule has 8 heteroatoms. The minimum absolute atomic E-state index is 0.0149. The van der Waals surface area contributed by atoms with Crippen LogP contribution in [-0.4, -0.2) is 35.3 Å². The summed E-state index contributed by atoms with van der Waals surface area (Å²) in [4.78, 5) is 3.91. The Hall–Kier alpha value is -2.37. The zero-order chi connectivity index (χ0) is 13.7. The Morgan fingerprint density at radius 2 is 2.32 bits per heavy atom. The molecule has 0 spiro atoms. The summed E-state index contributed by atoms with van der Waals surface area (Å²) in [6.45, 7) is -0.265. The average molecular weight is 278 g/mol. The van der Waals surface area contributed by atoms with Gasteiger partial charge in [0.1, 0.15) is 17.3 Å². The van der Waals surface area contributed by atoms with Gasteiger partial charge in [0.15, 0.2) is 0 Å². The topological polar surface area (TPSA) is 108 Å². The van der Waals surface area contributed by atoms with Crippen LogP contribution in [0.4, 0.5) is 5.82 Å². The van der Waals surface area contributed by atoms with E-state index >= 15 is 0 Å². The number of pyridine rings is 1. The van der Waals surface area contributed by atoms with Crippen LogP contribution in [0.15, 0.2) is 35.6 Å². The van der Waals surface area contributed by atoms with E-state index in [2.05, 4.69) is 31.7 Å². The van der Waals surface area contributed by atoms with Crippen LogP contribution >= 0.6 is 0 Å². The third kappa shape index (κ3) is 3.31. The lowest BCUT2D eigenvalue weighted by Gasteiger charge is -2.04. The van der Waals surface area contributed by atoms with Gasteiger partial charge < -0.3 is 5.11 Å². The zero-order valence-electron chi connectivity index (χ0n) is 9.66. The van der Waals surface area contributed by atoms with Crippen LogP contribution in [-0.2, 0) is 10.0 Å². The molecule has 0 amide bonds. The number of aliphatic hydroxyl groups excluding tert-OH is 1. The molecule has 0 aliphatic carbocycles. The first-order valence-corrected chi connectivity index (χ1v) is 6.67. The summed E-state index contributed by atoms with van der Waals surface area (Å²) in [6.07, 6.45) is 3.88. The number of aromatic nitrogens is 3. The maximum atomic E-state index is 11.9. The Balaban J connectivity index is 2.25. The highest BCUT2D eigenvalue weighted by atomic mass is 32.2. The van der Waals surface area contributed by atoms with Crippen molar-refractivity contribution < 1.29 is 13.5 Å². The molecule has 0 fully saturated rings. The fraction of sp³-hybridized carbons (Fsp3) is 0.0909. The zero-order valence-corrected chi connectivity index (χ0v) is 10.5. The van der Waals surface area contributed by atoms with Gasteiger partial charge in [-0.25, -0.2) is 13.4 Å². The number of aliphatic hydroxyl groups is 1. The molecule has 3 N–H and O–H groups in total. The second-order valence-electron chi connectivity index (χ2n) is 3.43. The largest absolute Gasteiger partial charge is 0.384 e. The van der Waals surface area contributed by atoms with E-state index in [9.17, 15) is 8.42 Å². The molecule has 7 nitrogen and oxygen atoms in total. The number of H-pyrrole nitrogens is 1. The van der Waals surface area contributed by atoms with Crippen molar-refractivity contribution in [2.75, 3.05) is 11.3 Å². The van der Waals surface area contributed by atoms with E-state index in [-0.39, 0.29) is 17.3 Å². The number of aromatic amines is 1. The molecule has 0 radical (unpaired) electrons. The molecule has 0 atom stereocenters. The highest BCUT2D eigenvalue weighted by Gasteiger charge is 2.15. The van der Waals surface area contributed by atoms with Crippen molar-refractivity contribution in [3.05, 3.63) is 36.3 Å². The molecule has 2 aromatic heterocycles. The second kappa shape index (κ2) is 5.51. The third-order valence-electron chi connectivity index (χ3n) is 2.09. The number of rotatable bonds is 3. The van der Waals surface area contributed by atoms with Crippen LogP contribution < -0.4 is 4.72 Å². The molecular weight excluding hydrogens is 268 g/mol. The quantitative estimate of drug-likeness (QED) is 0.682. The second-order valence-corrected chi connectivity index (χ2v) is 5.11. The SMILES string of the molecule is O=S(=O)(Nc1cc(C#CCO)ccn1)c1cn[nH]c1. The summed E-state index contributed by atoms with van der Waals surface area (Å²) in [5.74, 6) is 5.27. The summed E-state index contributed by atoms with van der Waals surface area (Å²) in [6, 6.07) is 3.08. The van der Waals surface area contributed by atoms with Gasteiger partial charge in [-0.1, -0.05) is 11.8 Å². The first-order valence-electron chi connectivity index (χ1n) is 5.19. The molecule has 0 unspecified atom stereocenters. The number of hydrogen-bond acceptors (Lipinski definition) is 5. The van der Waals surface area contributed by atoms with Crippen molar-refractivity contribution in [2.24, 2.45) is 0 Å². The van der Waals surface area contributed by atoms with E-state index in [1.54, 1.807) is 6.07 Å². The molecular formula is C11H10N4O3S. The Labute approximate surface area is 109 Å². The van der Waals surface area contributed by atoms with E-state index in [4.69, 9.17) is 5.11 Å². The predicted octanol–water partition coefficient (Wildman–Crippen LogP) is -0.0507. The molecule has 0 saturated carbocycles. The van der Waals surface area contributed by atoms with Gasteiger partial charge >= 0.3 is 0 Å². The molecule has 2 aromatic rings. The maximum absolute atomic E-state index is 11.9. The van der Waals surface area contributed by atoms with Gasteiger partial charge in [0.2, 0.25) is 0 Å². The summed E-state index contributed by atoms with van der Waals surface area (Å²) >= 11 is 0. The predicted molar refractivity (Wildman–Crippen MR) is 67.6 cm³/mol. The van der Waals surface area contributed by atoms with Gasteiger partial charge in [-0.15, -0.1) is 0 Å². The maximum Gasteiger partial charge on any atom is 0.266 e.